The monoisotopic (exact) mass is 471 g/mol. The van der Waals surface area contributed by atoms with E-state index in [1.165, 1.54) is 30.4 Å². The highest BCUT2D eigenvalue weighted by Crippen LogP contribution is 2.25. The molecule has 2 fully saturated rings. The van der Waals surface area contributed by atoms with Crippen molar-refractivity contribution < 1.29 is 14.6 Å². The molecule has 0 bridgehead atoms. The minimum absolute atomic E-state index is 0.0573. The summed E-state index contributed by atoms with van der Waals surface area (Å²) in [5.74, 6) is 0.0573. The van der Waals surface area contributed by atoms with Gasteiger partial charge in [0, 0.05) is 25.2 Å². The number of nitrogens with one attached hydrogen (secondary N) is 1. The van der Waals surface area contributed by atoms with Crippen molar-refractivity contribution >= 4 is 17.7 Å². The lowest BCUT2D eigenvalue weighted by Crippen LogP contribution is -2.37. The van der Waals surface area contributed by atoms with E-state index < -0.39 is 6.09 Å². The molecule has 35 heavy (non-hydrogen) atoms. The second kappa shape index (κ2) is 10.7. The first-order valence-electron chi connectivity index (χ1n) is 12.0. The highest BCUT2D eigenvalue weighted by atomic mass is 16.5. The van der Waals surface area contributed by atoms with Crippen LogP contribution in [0.3, 0.4) is 0 Å². The summed E-state index contributed by atoms with van der Waals surface area (Å²) in [5.41, 5.74) is 4.84. The van der Waals surface area contributed by atoms with Gasteiger partial charge < -0.3 is 9.84 Å². The van der Waals surface area contributed by atoms with E-state index >= 15 is 0 Å². The Morgan fingerprint density at radius 3 is 2.49 bits per heavy atom. The Hall–Kier alpha value is -3.75. The zero-order valence-electron chi connectivity index (χ0n) is 19.5. The summed E-state index contributed by atoms with van der Waals surface area (Å²) in [5, 5.41) is 15.4. The lowest BCUT2D eigenvalue weighted by molar-refractivity contribution is -0.0329. The number of ether oxygens (including phenoxy) is 1. The van der Waals surface area contributed by atoms with Crippen LogP contribution in [0.15, 0.2) is 72.8 Å². The van der Waals surface area contributed by atoms with Gasteiger partial charge in [-0.1, -0.05) is 79.9 Å². The van der Waals surface area contributed by atoms with Gasteiger partial charge >= 0.3 is 6.09 Å². The molecule has 180 valence electrons. The summed E-state index contributed by atoms with van der Waals surface area (Å²) < 4.78 is 7.62. The maximum Gasteiger partial charge on any atom is 0.411 e. The van der Waals surface area contributed by atoms with Crippen LogP contribution in [-0.4, -0.2) is 50.4 Å². The van der Waals surface area contributed by atoms with Gasteiger partial charge in [-0.25, -0.2) is 9.31 Å². The fourth-order valence-corrected chi connectivity index (χ4v) is 4.03. The second-order valence-corrected chi connectivity index (χ2v) is 8.81. The SMILES string of the molecule is C1CC1.O=C(O)Nc1nc2cccc(-c3ccc(CN4CCOC(c5ccccc5)C4)cc3)n2n1. The summed E-state index contributed by atoms with van der Waals surface area (Å²) in [6.07, 6.45) is 3.41. The fraction of sp³-hybridized carbons (Fsp3) is 0.296. The molecule has 0 spiro atoms. The fourth-order valence-electron chi connectivity index (χ4n) is 4.03. The first kappa shape index (κ1) is 23.0. The Balaban J connectivity index is 0.000000786. The number of amides is 1. The lowest BCUT2D eigenvalue weighted by atomic mass is 10.1. The normalized spacial score (nSPS) is 17.4. The molecule has 1 aliphatic carbocycles. The summed E-state index contributed by atoms with van der Waals surface area (Å²) >= 11 is 0. The van der Waals surface area contributed by atoms with Gasteiger partial charge in [0.2, 0.25) is 0 Å². The molecule has 4 aromatic rings. The van der Waals surface area contributed by atoms with Crippen molar-refractivity contribution in [2.75, 3.05) is 25.0 Å². The second-order valence-electron chi connectivity index (χ2n) is 8.81. The van der Waals surface area contributed by atoms with Gasteiger partial charge in [0.1, 0.15) is 0 Å². The van der Waals surface area contributed by atoms with Crippen LogP contribution in [-0.2, 0) is 11.3 Å². The van der Waals surface area contributed by atoms with Crippen molar-refractivity contribution in [2.45, 2.75) is 31.9 Å². The predicted octanol–water partition coefficient (Wildman–Crippen LogP) is 5.23. The maximum atomic E-state index is 10.9. The molecule has 1 atom stereocenters. The first-order chi connectivity index (χ1) is 17.2. The van der Waals surface area contributed by atoms with E-state index in [-0.39, 0.29) is 12.1 Å². The number of aromatic nitrogens is 3. The van der Waals surface area contributed by atoms with Crippen molar-refractivity contribution in [3.8, 4) is 11.3 Å². The number of hydrogen-bond acceptors (Lipinski definition) is 5. The van der Waals surface area contributed by atoms with E-state index in [0.29, 0.717) is 5.65 Å². The summed E-state index contributed by atoms with van der Waals surface area (Å²) in [6.45, 7) is 3.35. The average Bonchev–Trinajstić information content (AvgIpc) is 3.71. The van der Waals surface area contributed by atoms with Gasteiger partial charge in [0.25, 0.3) is 5.95 Å². The summed E-state index contributed by atoms with van der Waals surface area (Å²) in [7, 11) is 0. The van der Waals surface area contributed by atoms with Crippen molar-refractivity contribution in [1.82, 2.24) is 19.5 Å². The summed E-state index contributed by atoms with van der Waals surface area (Å²) in [4.78, 5) is 17.5. The molecular weight excluding hydrogens is 442 g/mol. The molecule has 8 heteroatoms. The Kier molecular flexibility index (Phi) is 7.02. The van der Waals surface area contributed by atoms with E-state index in [0.717, 1.165) is 37.5 Å². The van der Waals surface area contributed by atoms with E-state index in [1.54, 1.807) is 10.6 Å². The third-order valence-corrected chi connectivity index (χ3v) is 5.91. The van der Waals surface area contributed by atoms with Crippen LogP contribution in [0.4, 0.5) is 10.7 Å². The molecule has 8 nitrogen and oxygen atoms in total. The molecule has 6 rings (SSSR count). The van der Waals surface area contributed by atoms with E-state index in [1.807, 2.05) is 30.3 Å². The molecule has 2 aromatic carbocycles. The van der Waals surface area contributed by atoms with Crippen molar-refractivity contribution in [3.63, 3.8) is 0 Å². The minimum atomic E-state index is -1.19. The largest absolute Gasteiger partial charge is 0.465 e. The number of rotatable bonds is 5. The van der Waals surface area contributed by atoms with Gasteiger partial charge in [-0.05, 0) is 23.3 Å². The molecule has 2 aromatic heterocycles. The van der Waals surface area contributed by atoms with Gasteiger partial charge in [-0.3, -0.25) is 10.2 Å². The number of pyridine rings is 1. The van der Waals surface area contributed by atoms with E-state index in [2.05, 4.69) is 56.7 Å². The molecule has 2 aliphatic rings. The smallest absolute Gasteiger partial charge is 0.411 e. The number of hydrogen-bond donors (Lipinski definition) is 2. The highest BCUT2D eigenvalue weighted by Gasteiger charge is 2.22. The zero-order valence-corrected chi connectivity index (χ0v) is 19.5. The predicted molar refractivity (Wildman–Crippen MR) is 134 cm³/mol. The van der Waals surface area contributed by atoms with Gasteiger partial charge in [0.05, 0.1) is 18.4 Å². The van der Waals surface area contributed by atoms with Crippen LogP contribution in [0.1, 0.15) is 36.5 Å². The van der Waals surface area contributed by atoms with Crippen LogP contribution in [0.25, 0.3) is 16.9 Å². The van der Waals surface area contributed by atoms with Crippen LogP contribution < -0.4 is 5.32 Å². The average molecular weight is 472 g/mol. The number of benzene rings is 2. The number of nitrogens with zero attached hydrogens (tertiary/aromatic N) is 4. The Labute approximate surface area is 204 Å². The third kappa shape index (κ3) is 6.03. The molecule has 1 aliphatic heterocycles. The molecule has 0 radical (unpaired) electrons. The molecular formula is C27H29N5O3. The number of morpholine rings is 1. The van der Waals surface area contributed by atoms with Gasteiger partial charge in [-0.15, -0.1) is 5.10 Å². The molecule has 1 amide bonds. The van der Waals surface area contributed by atoms with Crippen LogP contribution in [0.2, 0.25) is 0 Å². The maximum absolute atomic E-state index is 10.9. The third-order valence-electron chi connectivity index (χ3n) is 5.91. The molecule has 2 N–H and O–H groups in total. The van der Waals surface area contributed by atoms with Gasteiger partial charge in [0.15, 0.2) is 5.65 Å². The van der Waals surface area contributed by atoms with Gasteiger partial charge in [-0.2, -0.15) is 4.98 Å². The number of carbonyl (C=O) groups is 1. The van der Waals surface area contributed by atoms with Crippen molar-refractivity contribution in [2.24, 2.45) is 0 Å². The van der Waals surface area contributed by atoms with E-state index in [9.17, 15) is 4.79 Å². The number of fused-ring (bicyclic) bond motifs is 1. The minimum Gasteiger partial charge on any atom is -0.465 e. The van der Waals surface area contributed by atoms with Crippen LogP contribution >= 0.6 is 0 Å². The lowest BCUT2D eigenvalue weighted by Gasteiger charge is -2.33. The van der Waals surface area contributed by atoms with Crippen LogP contribution in [0.5, 0.6) is 0 Å². The zero-order chi connectivity index (χ0) is 24.0. The Bertz CT molecular complexity index is 1270. The standard InChI is InChI=1S/C24H23N5O3.C3H6/c30-24(31)26-23-25-22-8-4-7-20(29(22)27-23)18-11-9-17(10-12-18)15-28-13-14-32-21(16-28)19-5-2-1-3-6-19;1-2-3-1/h1-12,21H,13-16H2,(H,26,27)(H,30,31);1-3H2. The quantitative estimate of drug-likeness (QED) is 0.414. The van der Waals surface area contributed by atoms with Crippen molar-refractivity contribution in [1.29, 1.82) is 0 Å². The topological polar surface area (TPSA) is 92.0 Å². The number of carboxylic acid groups (broad SMARTS) is 1. The molecule has 1 saturated heterocycles. The first-order valence-corrected chi connectivity index (χ1v) is 12.0. The molecule has 1 saturated carbocycles. The Morgan fingerprint density at radius 1 is 1.00 bits per heavy atom. The Morgan fingerprint density at radius 2 is 1.77 bits per heavy atom. The molecule has 3 heterocycles. The van der Waals surface area contributed by atoms with E-state index in [4.69, 9.17) is 9.84 Å². The highest BCUT2D eigenvalue weighted by molar-refractivity contribution is 5.80. The number of anilines is 1. The van der Waals surface area contributed by atoms with Crippen LogP contribution in [0, 0.1) is 0 Å². The summed E-state index contributed by atoms with van der Waals surface area (Å²) in [6, 6.07) is 24.3. The van der Waals surface area contributed by atoms with Crippen molar-refractivity contribution in [3.05, 3.63) is 83.9 Å². The molecule has 1 unspecified atom stereocenters.